The van der Waals surface area contributed by atoms with Gasteiger partial charge in [0.1, 0.15) is 21.6 Å². The third-order valence-corrected chi connectivity index (χ3v) is 5.52. The maximum atomic E-state index is 12.9. The van der Waals surface area contributed by atoms with Crippen LogP contribution in [0, 0.1) is 0 Å². The molecule has 0 aliphatic carbocycles. The molecule has 0 N–H and O–H groups in total. The van der Waals surface area contributed by atoms with Gasteiger partial charge in [0.05, 0.1) is 23.3 Å². The third-order valence-electron chi connectivity index (χ3n) is 4.14. The molecule has 0 radical (unpaired) electrons. The minimum Gasteiger partial charge on any atom is -0.467 e. The molecule has 3 heterocycles. The lowest BCUT2D eigenvalue weighted by Crippen LogP contribution is -2.27. The van der Waals surface area contributed by atoms with Gasteiger partial charge in [0, 0.05) is 11.6 Å². The van der Waals surface area contributed by atoms with Gasteiger partial charge in [0.2, 0.25) is 0 Å². The molecule has 0 saturated carbocycles. The van der Waals surface area contributed by atoms with Gasteiger partial charge in [-0.05, 0) is 36.4 Å². The Labute approximate surface area is 173 Å². The highest BCUT2D eigenvalue weighted by Crippen LogP contribution is 2.36. The molecule has 1 aliphatic rings. The predicted molar refractivity (Wildman–Crippen MR) is 107 cm³/mol. The molecule has 1 amide bonds. The van der Waals surface area contributed by atoms with Crippen LogP contribution in [0.1, 0.15) is 17.1 Å². The molecule has 1 aromatic carbocycles. The minimum absolute atomic E-state index is 0.225. The van der Waals surface area contributed by atoms with Gasteiger partial charge in [-0.3, -0.25) is 9.69 Å². The van der Waals surface area contributed by atoms with Crippen molar-refractivity contribution in [1.82, 2.24) is 4.90 Å². The van der Waals surface area contributed by atoms with Crippen LogP contribution >= 0.6 is 24.0 Å². The molecular weight excluding hydrogens is 423 g/mol. The number of carbonyl (C=O) groups excluding carboxylic acids is 1. The first-order valence-corrected chi connectivity index (χ1v) is 9.59. The Bertz CT molecular complexity index is 1100. The van der Waals surface area contributed by atoms with Gasteiger partial charge in [-0.15, -0.1) is 0 Å². The summed E-state index contributed by atoms with van der Waals surface area (Å²) in [5, 5.41) is 0. The first-order valence-electron chi connectivity index (χ1n) is 8.36. The molecular formula is C20H12F3NO3S2. The smallest absolute Gasteiger partial charge is 0.416 e. The minimum atomic E-state index is -4.44. The Kier molecular flexibility index (Phi) is 5.10. The lowest BCUT2D eigenvalue weighted by atomic mass is 10.1. The number of thioether (sulfide) groups is 1. The molecule has 2 aromatic heterocycles. The molecule has 4 nitrogen and oxygen atoms in total. The third kappa shape index (κ3) is 4.15. The number of amides is 1. The number of rotatable bonds is 4. The molecule has 4 rings (SSSR count). The van der Waals surface area contributed by atoms with E-state index in [1.807, 2.05) is 0 Å². The van der Waals surface area contributed by atoms with E-state index in [9.17, 15) is 18.0 Å². The predicted octanol–water partition coefficient (Wildman–Crippen LogP) is 5.96. The number of furan rings is 2. The molecule has 1 aliphatic heterocycles. The van der Waals surface area contributed by atoms with Gasteiger partial charge in [0.15, 0.2) is 0 Å². The second-order valence-corrected chi connectivity index (χ2v) is 7.80. The average molecular weight is 435 g/mol. The van der Waals surface area contributed by atoms with E-state index in [2.05, 4.69) is 0 Å². The molecule has 0 spiro atoms. The highest BCUT2D eigenvalue weighted by molar-refractivity contribution is 8.26. The molecule has 3 aromatic rings. The van der Waals surface area contributed by atoms with Crippen LogP contribution in [-0.4, -0.2) is 15.1 Å². The van der Waals surface area contributed by atoms with Crippen molar-refractivity contribution < 1.29 is 26.8 Å². The zero-order valence-electron chi connectivity index (χ0n) is 14.6. The van der Waals surface area contributed by atoms with Gasteiger partial charge < -0.3 is 8.83 Å². The molecule has 0 atom stereocenters. The van der Waals surface area contributed by atoms with E-state index in [1.54, 1.807) is 24.3 Å². The second-order valence-electron chi connectivity index (χ2n) is 6.13. The monoisotopic (exact) mass is 435 g/mol. The summed E-state index contributed by atoms with van der Waals surface area (Å²) in [6.45, 7) is 0.225. The summed E-state index contributed by atoms with van der Waals surface area (Å²) in [6.07, 6.45) is -1.40. The molecule has 148 valence electrons. The molecule has 1 fully saturated rings. The Morgan fingerprint density at radius 2 is 1.97 bits per heavy atom. The van der Waals surface area contributed by atoms with Crippen molar-refractivity contribution in [3.8, 4) is 11.3 Å². The number of hydrogen-bond acceptors (Lipinski definition) is 5. The van der Waals surface area contributed by atoms with E-state index in [4.69, 9.17) is 21.1 Å². The summed E-state index contributed by atoms with van der Waals surface area (Å²) in [7, 11) is 0. The van der Waals surface area contributed by atoms with Crippen LogP contribution in [0.5, 0.6) is 0 Å². The van der Waals surface area contributed by atoms with Crippen molar-refractivity contribution in [3.05, 3.63) is 76.8 Å². The fourth-order valence-corrected chi connectivity index (χ4v) is 3.99. The van der Waals surface area contributed by atoms with Crippen LogP contribution in [0.4, 0.5) is 13.2 Å². The molecule has 1 saturated heterocycles. The van der Waals surface area contributed by atoms with E-state index in [-0.39, 0.29) is 18.2 Å². The van der Waals surface area contributed by atoms with Crippen LogP contribution in [0.15, 0.2) is 68.5 Å². The standard InChI is InChI=1S/C20H12F3NO3S2/c21-20(22,23)13-4-1-3-12(9-13)16-7-6-14(27-16)10-17-18(25)24(19(28)29-17)11-15-5-2-8-26-15/h1-10H,11H2. The fraction of sp³-hybridized carbons (Fsp3) is 0.100. The van der Waals surface area contributed by atoms with Crippen molar-refractivity contribution in [1.29, 1.82) is 0 Å². The van der Waals surface area contributed by atoms with Gasteiger partial charge in [-0.2, -0.15) is 13.2 Å². The van der Waals surface area contributed by atoms with E-state index in [0.29, 0.717) is 26.3 Å². The van der Waals surface area contributed by atoms with Crippen LogP contribution in [0.3, 0.4) is 0 Å². The van der Waals surface area contributed by atoms with Crippen molar-refractivity contribution in [2.24, 2.45) is 0 Å². The van der Waals surface area contributed by atoms with Crippen LogP contribution in [0.25, 0.3) is 17.4 Å². The normalized spacial score (nSPS) is 16.2. The Morgan fingerprint density at radius 3 is 2.69 bits per heavy atom. The number of nitrogens with zero attached hydrogens (tertiary/aromatic N) is 1. The Balaban J connectivity index is 1.55. The summed E-state index contributed by atoms with van der Waals surface area (Å²) in [5.74, 6) is 0.935. The summed E-state index contributed by atoms with van der Waals surface area (Å²) in [6, 6.07) is 11.5. The summed E-state index contributed by atoms with van der Waals surface area (Å²) in [5.41, 5.74) is -0.461. The summed E-state index contributed by atoms with van der Waals surface area (Å²) in [4.78, 5) is 14.4. The van der Waals surface area contributed by atoms with Crippen LogP contribution < -0.4 is 0 Å². The zero-order valence-corrected chi connectivity index (χ0v) is 16.2. The number of alkyl halides is 3. The molecule has 0 unspecified atom stereocenters. The number of benzene rings is 1. The van der Waals surface area contributed by atoms with Crippen molar-refractivity contribution in [2.75, 3.05) is 0 Å². The SMILES string of the molecule is O=C1C(=Cc2ccc(-c3cccc(C(F)(F)F)c3)o2)SC(=S)N1Cc1ccco1. The van der Waals surface area contributed by atoms with E-state index in [0.717, 1.165) is 23.9 Å². The lowest BCUT2D eigenvalue weighted by molar-refractivity contribution is -0.137. The van der Waals surface area contributed by atoms with Gasteiger partial charge in [0.25, 0.3) is 5.91 Å². The van der Waals surface area contributed by atoms with Gasteiger partial charge >= 0.3 is 6.18 Å². The molecule has 29 heavy (non-hydrogen) atoms. The van der Waals surface area contributed by atoms with Gasteiger partial charge in [-0.1, -0.05) is 36.1 Å². The van der Waals surface area contributed by atoms with Crippen LogP contribution in [-0.2, 0) is 17.5 Å². The van der Waals surface area contributed by atoms with Crippen molar-refractivity contribution in [2.45, 2.75) is 12.7 Å². The topological polar surface area (TPSA) is 46.6 Å². The number of halogens is 3. The van der Waals surface area contributed by atoms with E-state index in [1.165, 1.54) is 29.4 Å². The average Bonchev–Trinajstić information content (AvgIpc) is 3.40. The zero-order chi connectivity index (χ0) is 20.6. The highest BCUT2D eigenvalue weighted by atomic mass is 32.2. The maximum Gasteiger partial charge on any atom is 0.416 e. The first kappa shape index (κ1) is 19.5. The lowest BCUT2D eigenvalue weighted by Gasteiger charge is -2.11. The van der Waals surface area contributed by atoms with Crippen molar-refractivity contribution >= 4 is 40.3 Å². The molecule has 9 heteroatoms. The maximum absolute atomic E-state index is 12.9. The fourth-order valence-electron chi connectivity index (χ4n) is 2.76. The van der Waals surface area contributed by atoms with Gasteiger partial charge in [-0.25, -0.2) is 0 Å². The quantitative estimate of drug-likeness (QED) is 0.374. The Hall–Kier alpha value is -2.78. The summed E-state index contributed by atoms with van der Waals surface area (Å²) < 4.78 is 50.0. The molecule has 0 bridgehead atoms. The highest BCUT2D eigenvalue weighted by Gasteiger charge is 2.33. The van der Waals surface area contributed by atoms with Crippen LogP contribution in [0.2, 0.25) is 0 Å². The number of hydrogen-bond donors (Lipinski definition) is 0. The first-order chi connectivity index (χ1) is 13.8. The second kappa shape index (κ2) is 7.57. The largest absolute Gasteiger partial charge is 0.467 e. The van der Waals surface area contributed by atoms with E-state index < -0.39 is 11.7 Å². The van der Waals surface area contributed by atoms with E-state index >= 15 is 0 Å². The van der Waals surface area contributed by atoms with Crippen molar-refractivity contribution in [3.63, 3.8) is 0 Å². The number of carbonyl (C=O) groups is 1. The number of thiocarbonyl (C=S) groups is 1. The Morgan fingerprint density at radius 1 is 1.14 bits per heavy atom. The summed E-state index contributed by atoms with van der Waals surface area (Å²) >= 11 is 6.39.